The first-order valence-electron chi connectivity index (χ1n) is 6.44. The summed E-state index contributed by atoms with van der Waals surface area (Å²) in [5.41, 5.74) is -4.26. The van der Waals surface area contributed by atoms with E-state index in [4.69, 9.17) is 0 Å². The van der Waals surface area contributed by atoms with E-state index in [2.05, 4.69) is 4.18 Å². The predicted molar refractivity (Wildman–Crippen MR) is 83.1 cm³/mol. The van der Waals surface area contributed by atoms with E-state index in [9.17, 15) is 21.6 Å². The van der Waals surface area contributed by atoms with Crippen LogP contribution in [0.3, 0.4) is 0 Å². The molecule has 8 heteroatoms. The van der Waals surface area contributed by atoms with Gasteiger partial charge in [0.2, 0.25) is 0 Å². The van der Waals surface area contributed by atoms with E-state index in [0.717, 1.165) is 10.5 Å². The smallest absolute Gasteiger partial charge is 0.376 e. The van der Waals surface area contributed by atoms with Gasteiger partial charge in [-0.3, -0.25) is 0 Å². The van der Waals surface area contributed by atoms with E-state index in [0.29, 0.717) is 5.56 Å². The fraction of sp³-hybridized carbons (Fsp3) is 0.200. The molecule has 0 aliphatic rings. The summed E-state index contributed by atoms with van der Waals surface area (Å²) in [4.78, 5) is 1.05. The van der Waals surface area contributed by atoms with Gasteiger partial charge in [0, 0.05) is 16.9 Å². The summed E-state index contributed by atoms with van der Waals surface area (Å²) in [6.45, 7) is 0. The van der Waals surface area contributed by atoms with Crippen LogP contribution >= 0.6 is 11.8 Å². The molecule has 0 bridgehead atoms. The number of benzene rings is 2. The molecule has 3 nitrogen and oxygen atoms in total. The highest BCUT2D eigenvalue weighted by Gasteiger charge is 2.48. The quantitative estimate of drug-likeness (QED) is 0.454. The molecule has 0 aliphatic carbocycles. The van der Waals surface area contributed by atoms with Crippen LogP contribution in [0, 0.1) is 0 Å². The summed E-state index contributed by atoms with van der Waals surface area (Å²) in [6.07, 6.45) is 2.19. The molecule has 2 aromatic rings. The van der Waals surface area contributed by atoms with Crippen molar-refractivity contribution in [3.05, 3.63) is 59.7 Å². The minimum atomic E-state index is -5.68. The molecule has 23 heavy (non-hydrogen) atoms. The maximum absolute atomic E-state index is 12.4. The molecule has 2 rings (SSSR count). The number of rotatable bonds is 5. The van der Waals surface area contributed by atoms with Crippen LogP contribution in [-0.2, 0) is 16.5 Å². The predicted octanol–water partition coefficient (Wildman–Crippen LogP) is 4.23. The lowest BCUT2D eigenvalue weighted by Crippen LogP contribution is -2.28. The van der Waals surface area contributed by atoms with Gasteiger partial charge in [-0.05, 0) is 30.0 Å². The molecule has 0 amide bonds. The molecule has 0 heterocycles. The molecule has 124 valence electrons. The summed E-state index contributed by atoms with van der Waals surface area (Å²) >= 11 is 1.57. The third-order valence-corrected chi connectivity index (χ3v) is 4.72. The molecule has 0 unspecified atom stereocenters. The van der Waals surface area contributed by atoms with E-state index in [1.54, 1.807) is 17.8 Å². The second-order valence-electron chi connectivity index (χ2n) is 4.62. The highest BCUT2D eigenvalue weighted by atomic mass is 32.2. The maximum Gasteiger partial charge on any atom is 0.534 e. The third-order valence-electron chi connectivity index (χ3n) is 3.01. The van der Waals surface area contributed by atoms with Crippen molar-refractivity contribution in [3.63, 3.8) is 0 Å². The number of alkyl halides is 3. The number of hydrogen-bond donors (Lipinski definition) is 0. The summed E-state index contributed by atoms with van der Waals surface area (Å²) in [7, 11) is -5.68. The monoisotopic (exact) mass is 362 g/mol. The largest absolute Gasteiger partial charge is 0.534 e. The van der Waals surface area contributed by atoms with Crippen molar-refractivity contribution in [2.45, 2.75) is 16.8 Å². The molecule has 0 aromatic heterocycles. The van der Waals surface area contributed by atoms with Crippen LogP contribution < -0.4 is 4.18 Å². The van der Waals surface area contributed by atoms with Crippen molar-refractivity contribution >= 4 is 21.9 Å². The normalized spacial score (nSPS) is 12.2. The molecule has 2 aromatic carbocycles. The molecule has 0 fully saturated rings. The van der Waals surface area contributed by atoms with Crippen LogP contribution in [0.4, 0.5) is 13.2 Å². The molecule has 0 radical (unpaired) electrons. The van der Waals surface area contributed by atoms with Gasteiger partial charge in [0.25, 0.3) is 0 Å². The number of halogens is 3. The van der Waals surface area contributed by atoms with E-state index < -0.39 is 15.6 Å². The first-order valence-corrected chi connectivity index (χ1v) is 9.08. The van der Waals surface area contributed by atoms with Crippen LogP contribution in [0.15, 0.2) is 53.4 Å². The molecule has 0 aliphatic heterocycles. The zero-order valence-corrected chi connectivity index (χ0v) is 13.6. The number of hydrogen-bond acceptors (Lipinski definition) is 4. The Bertz CT molecular complexity index is 769. The maximum atomic E-state index is 12.4. The first-order chi connectivity index (χ1) is 10.7. The average molecular weight is 362 g/mol. The van der Waals surface area contributed by atoms with Crippen molar-refractivity contribution in [3.8, 4) is 5.75 Å². The number of thioether (sulfide) groups is 1. The summed E-state index contributed by atoms with van der Waals surface area (Å²) in [5.74, 6) is -0.321. The summed E-state index contributed by atoms with van der Waals surface area (Å²) in [5, 5.41) is 0. The highest BCUT2D eigenvalue weighted by molar-refractivity contribution is 7.98. The van der Waals surface area contributed by atoms with Gasteiger partial charge in [-0.1, -0.05) is 30.3 Å². The van der Waals surface area contributed by atoms with Crippen molar-refractivity contribution < 1.29 is 25.8 Å². The van der Waals surface area contributed by atoms with Gasteiger partial charge >= 0.3 is 15.6 Å². The number of para-hydroxylation sites is 1. The van der Waals surface area contributed by atoms with Crippen molar-refractivity contribution in [2.75, 3.05) is 6.26 Å². The van der Waals surface area contributed by atoms with Gasteiger partial charge in [-0.15, -0.1) is 11.8 Å². The molecular formula is C15H13F3O3S2. The van der Waals surface area contributed by atoms with Gasteiger partial charge in [0.05, 0.1) is 0 Å². The zero-order chi connectivity index (χ0) is 17.1. The Morgan fingerprint density at radius 1 is 1.04 bits per heavy atom. The fourth-order valence-electron chi connectivity index (χ4n) is 1.86. The Hall–Kier alpha value is -1.67. The average Bonchev–Trinajstić information content (AvgIpc) is 2.48. The summed E-state index contributed by atoms with van der Waals surface area (Å²) < 4.78 is 63.9. The van der Waals surface area contributed by atoms with Crippen molar-refractivity contribution in [1.29, 1.82) is 0 Å². The van der Waals surface area contributed by atoms with Crippen molar-refractivity contribution in [2.24, 2.45) is 0 Å². The zero-order valence-electron chi connectivity index (χ0n) is 12.0. The summed E-state index contributed by atoms with van der Waals surface area (Å²) in [6, 6.07) is 13.2. The Kier molecular flexibility index (Phi) is 5.26. The Balaban J connectivity index is 2.27. The highest BCUT2D eigenvalue weighted by Crippen LogP contribution is 2.30. The third kappa shape index (κ3) is 4.42. The van der Waals surface area contributed by atoms with Crippen LogP contribution in [-0.4, -0.2) is 20.2 Å². The minimum Gasteiger partial charge on any atom is -0.376 e. The van der Waals surface area contributed by atoms with Gasteiger partial charge in [0.1, 0.15) is 5.75 Å². The molecule has 0 spiro atoms. The van der Waals surface area contributed by atoms with E-state index in [1.165, 1.54) is 18.2 Å². The van der Waals surface area contributed by atoms with Gasteiger partial charge in [0.15, 0.2) is 0 Å². The molecule has 0 atom stereocenters. The Labute approximate surface area is 136 Å². The molecule has 0 saturated carbocycles. The fourth-order valence-corrected chi connectivity index (χ4v) is 2.76. The van der Waals surface area contributed by atoms with Crippen LogP contribution in [0.2, 0.25) is 0 Å². The van der Waals surface area contributed by atoms with E-state index in [1.807, 2.05) is 30.5 Å². The first kappa shape index (κ1) is 17.7. The topological polar surface area (TPSA) is 43.4 Å². The Morgan fingerprint density at radius 2 is 1.65 bits per heavy atom. The molecular weight excluding hydrogens is 349 g/mol. The van der Waals surface area contributed by atoms with Crippen molar-refractivity contribution in [1.82, 2.24) is 0 Å². The second kappa shape index (κ2) is 6.84. The lowest BCUT2D eigenvalue weighted by molar-refractivity contribution is -0.0500. The van der Waals surface area contributed by atoms with Gasteiger partial charge in [-0.25, -0.2) is 0 Å². The van der Waals surface area contributed by atoms with E-state index in [-0.39, 0.29) is 12.2 Å². The second-order valence-corrected chi connectivity index (χ2v) is 7.03. The van der Waals surface area contributed by atoms with Gasteiger partial charge < -0.3 is 4.18 Å². The Morgan fingerprint density at radius 3 is 2.22 bits per heavy atom. The van der Waals surface area contributed by atoms with Crippen LogP contribution in [0.1, 0.15) is 11.1 Å². The van der Waals surface area contributed by atoms with E-state index >= 15 is 0 Å². The standard InChI is InChI=1S/C15H13F3O3S2/c1-22-13-8-6-11(7-9-13)10-12-4-2-3-5-14(12)21-23(19,20)15(16,17)18/h2-9H,10H2,1H3. The van der Waals surface area contributed by atoms with Crippen LogP contribution in [0.5, 0.6) is 5.75 Å². The minimum absolute atomic E-state index is 0.262. The van der Waals surface area contributed by atoms with Gasteiger partial charge in [-0.2, -0.15) is 21.6 Å². The molecule has 0 saturated heterocycles. The van der Waals surface area contributed by atoms with Crippen LogP contribution in [0.25, 0.3) is 0 Å². The lowest BCUT2D eigenvalue weighted by Gasteiger charge is -2.13. The SMILES string of the molecule is CSc1ccc(Cc2ccccc2OS(=O)(=O)C(F)(F)F)cc1. The lowest BCUT2D eigenvalue weighted by atomic mass is 10.0. The molecule has 0 N–H and O–H groups in total.